The SMILES string of the molecule is CC[C@H](C)[C@H](CO)N1C(=O)[C@@H]2[C@H](C(=O)Nc3ccccc3)[C@@]3(C)OC2(CC3C)C1C(=O)NC(C)(C)CC(C)(C)C. The van der Waals surface area contributed by atoms with E-state index < -0.39 is 40.7 Å². The van der Waals surface area contributed by atoms with E-state index in [4.69, 9.17) is 4.74 Å². The zero-order chi connectivity index (χ0) is 29.8. The predicted octanol–water partition coefficient (Wildman–Crippen LogP) is 4.37. The van der Waals surface area contributed by atoms with Crippen LogP contribution in [0.3, 0.4) is 0 Å². The number of carbonyl (C=O) groups excluding carboxylic acids is 3. The third kappa shape index (κ3) is 5.06. The van der Waals surface area contributed by atoms with Crippen LogP contribution < -0.4 is 10.6 Å². The minimum absolute atomic E-state index is 0.0297. The highest BCUT2D eigenvalue weighted by Gasteiger charge is 2.80. The lowest BCUT2D eigenvalue weighted by Gasteiger charge is -2.41. The largest absolute Gasteiger partial charge is 0.394 e. The van der Waals surface area contributed by atoms with Crippen LogP contribution in [0.1, 0.15) is 81.6 Å². The van der Waals surface area contributed by atoms with E-state index in [0.717, 1.165) is 12.8 Å². The molecule has 3 unspecified atom stereocenters. The van der Waals surface area contributed by atoms with Crippen molar-refractivity contribution in [3.63, 3.8) is 0 Å². The van der Waals surface area contributed by atoms with Crippen molar-refractivity contribution in [2.75, 3.05) is 11.9 Å². The van der Waals surface area contributed by atoms with E-state index in [1.54, 1.807) is 4.90 Å². The van der Waals surface area contributed by atoms with Crippen LogP contribution in [0.4, 0.5) is 5.69 Å². The lowest BCUT2D eigenvalue weighted by molar-refractivity contribution is -0.152. The highest BCUT2D eigenvalue weighted by molar-refractivity contribution is 6.02. The van der Waals surface area contributed by atoms with Gasteiger partial charge in [0.15, 0.2) is 0 Å². The van der Waals surface area contributed by atoms with Crippen molar-refractivity contribution >= 4 is 23.4 Å². The van der Waals surface area contributed by atoms with E-state index in [1.165, 1.54) is 0 Å². The molecule has 3 N–H and O–H groups in total. The maximum atomic E-state index is 14.5. The summed E-state index contributed by atoms with van der Waals surface area (Å²) in [5.74, 6) is -2.55. The van der Waals surface area contributed by atoms with Crippen molar-refractivity contribution in [2.45, 2.75) is 110 Å². The monoisotopic (exact) mass is 555 g/mol. The Hall–Kier alpha value is -2.45. The number of fused-ring (bicyclic) bond motifs is 1. The van der Waals surface area contributed by atoms with Gasteiger partial charge in [0.25, 0.3) is 0 Å². The first-order valence-corrected chi connectivity index (χ1v) is 14.8. The Kier molecular flexibility index (Phi) is 7.95. The summed E-state index contributed by atoms with van der Waals surface area (Å²) in [5.41, 5.74) is -1.99. The molecule has 3 aliphatic heterocycles. The zero-order valence-electron chi connectivity index (χ0n) is 25.7. The first kappa shape index (κ1) is 30.5. The first-order chi connectivity index (χ1) is 18.5. The van der Waals surface area contributed by atoms with E-state index in [1.807, 2.05) is 71.9 Å². The second-order valence-electron chi connectivity index (χ2n) is 14.6. The highest BCUT2D eigenvalue weighted by atomic mass is 16.5. The molecule has 0 aromatic heterocycles. The molecule has 4 rings (SSSR count). The number of para-hydroxylation sites is 1. The summed E-state index contributed by atoms with van der Waals surface area (Å²) in [5, 5.41) is 16.8. The van der Waals surface area contributed by atoms with E-state index in [0.29, 0.717) is 12.1 Å². The fourth-order valence-electron chi connectivity index (χ4n) is 8.06. The van der Waals surface area contributed by atoms with Crippen molar-refractivity contribution in [1.82, 2.24) is 10.2 Å². The Labute approximate surface area is 239 Å². The molecule has 1 spiro atoms. The fraction of sp³-hybridized carbons (Fsp3) is 0.719. The molecule has 8 nitrogen and oxygen atoms in total. The molecule has 2 bridgehead atoms. The van der Waals surface area contributed by atoms with Gasteiger partial charge in [0.05, 0.1) is 30.1 Å². The average Bonchev–Trinajstić information content (AvgIpc) is 3.35. The van der Waals surface area contributed by atoms with Gasteiger partial charge < -0.3 is 25.4 Å². The number of amides is 3. The Morgan fingerprint density at radius 3 is 2.33 bits per heavy atom. The highest BCUT2D eigenvalue weighted by Crippen LogP contribution is 2.65. The molecule has 0 radical (unpaired) electrons. The van der Waals surface area contributed by atoms with Gasteiger partial charge in [0.2, 0.25) is 17.7 Å². The van der Waals surface area contributed by atoms with Crippen LogP contribution in [0.5, 0.6) is 0 Å². The number of nitrogens with zero attached hydrogens (tertiary/aromatic N) is 1. The summed E-state index contributed by atoms with van der Waals surface area (Å²) in [4.78, 5) is 44.4. The number of aliphatic hydroxyl groups is 1. The molecule has 1 aromatic carbocycles. The second-order valence-corrected chi connectivity index (χ2v) is 14.6. The van der Waals surface area contributed by atoms with Gasteiger partial charge >= 0.3 is 0 Å². The third-order valence-electron chi connectivity index (χ3n) is 9.60. The van der Waals surface area contributed by atoms with Crippen molar-refractivity contribution < 1.29 is 24.2 Å². The van der Waals surface area contributed by atoms with E-state index >= 15 is 0 Å². The maximum absolute atomic E-state index is 14.5. The van der Waals surface area contributed by atoms with E-state index in [2.05, 4.69) is 31.4 Å². The molecular weight excluding hydrogens is 506 g/mol. The van der Waals surface area contributed by atoms with Gasteiger partial charge in [-0.1, -0.05) is 66.2 Å². The molecule has 3 aliphatic rings. The smallest absolute Gasteiger partial charge is 0.246 e. The first-order valence-electron chi connectivity index (χ1n) is 14.8. The van der Waals surface area contributed by atoms with Gasteiger partial charge in [0.1, 0.15) is 11.6 Å². The van der Waals surface area contributed by atoms with Crippen molar-refractivity contribution in [1.29, 1.82) is 0 Å². The summed E-state index contributed by atoms with van der Waals surface area (Å²) >= 11 is 0. The normalized spacial score (nSPS) is 33.0. The number of likely N-dealkylation sites (tertiary alicyclic amines) is 1. The summed E-state index contributed by atoms with van der Waals surface area (Å²) < 4.78 is 6.85. The molecule has 0 saturated carbocycles. The molecule has 8 heteroatoms. The van der Waals surface area contributed by atoms with E-state index in [9.17, 15) is 19.5 Å². The molecule has 3 fully saturated rings. The van der Waals surface area contributed by atoms with Crippen LogP contribution in [-0.2, 0) is 19.1 Å². The number of carbonyl (C=O) groups is 3. The number of ether oxygens (including phenoxy) is 1. The van der Waals surface area contributed by atoms with Crippen LogP contribution in [0, 0.1) is 29.1 Å². The number of rotatable bonds is 9. The molecule has 3 heterocycles. The van der Waals surface area contributed by atoms with Gasteiger partial charge in [0, 0.05) is 11.2 Å². The number of hydrogen-bond acceptors (Lipinski definition) is 5. The average molecular weight is 556 g/mol. The van der Waals surface area contributed by atoms with Gasteiger partial charge in [-0.2, -0.15) is 0 Å². The number of anilines is 1. The zero-order valence-corrected chi connectivity index (χ0v) is 25.7. The Bertz CT molecular complexity index is 1130. The molecule has 40 heavy (non-hydrogen) atoms. The molecule has 0 aliphatic carbocycles. The molecule has 8 atom stereocenters. The summed E-state index contributed by atoms with van der Waals surface area (Å²) in [6.45, 7) is 18.1. The lowest BCUT2D eigenvalue weighted by Crippen LogP contribution is -2.62. The van der Waals surface area contributed by atoms with Gasteiger partial charge in [-0.3, -0.25) is 14.4 Å². The summed E-state index contributed by atoms with van der Waals surface area (Å²) in [6.07, 6.45) is 1.94. The lowest BCUT2D eigenvalue weighted by atomic mass is 9.62. The topological polar surface area (TPSA) is 108 Å². The maximum Gasteiger partial charge on any atom is 0.246 e. The third-order valence-corrected chi connectivity index (χ3v) is 9.60. The van der Waals surface area contributed by atoms with Crippen LogP contribution in [0.15, 0.2) is 30.3 Å². The van der Waals surface area contributed by atoms with Crippen molar-refractivity contribution in [3.8, 4) is 0 Å². The summed E-state index contributed by atoms with van der Waals surface area (Å²) in [6, 6.07) is 7.68. The Balaban J connectivity index is 1.79. The van der Waals surface area contributed by atoms with Crippen LogP contribution >= 0.6 is 0 Å². The molecule has 3 saturated heterocycles. The molecule has 3 amide bonds. The minimum atomic E-state index is -1.16. The van der Waals surface area contributed by atoms with Gasteiger partial charge in [-0.05, 0) is 63.0 Å². The second kappa shape index (κ2) is 10.4. The molecule has 1 aromatic rings. The van der Waals surface area contributed by atoms with Crippen molar-refractivity contribution in [2.24, 2.45) is 29.1 Å². The van der Waals surface area contributed by atoms with Crippen LogP contribution in [0.25, 0.3) is 0 Å². The predicted molar refractivity (Wildman–Crippen MR) is 155 cm³/mol. The summed E-state index contributed by atoms with van der Waals surface area (Å²) in [7, 11) is 0. The molecular formula is C32H49N3O5. The Morgan fingerprint density at radius 1 is 1.15 bits per heavy atom. The number of aliphatic hydroxyl groups excluding tert-OH is 1. The Morgan fingerprint density at radius 2 is 1.77 bits per heavy atom. The minimum Gasteiger partial charge on any atom is -0.394 e. The standard InChI is InChI=1S/C32H49N3O5/c1-10-19(2)22(17-36)35-25(27(38)34-30(7,8)18-29(4,5)6)32-16-20(3)31(9,40-32)23(24(32)28(35)39)26(37)33-21-14-12-11-13-15-21/h11-15,19-20,22-25,36H,10,16-18H2,1-9H3,(H,33,37)(H,34,38)/t19-,20?,22-,23+,24-,25?,31-,32?/m0/s1. The van der Waals surface area contributed by atoms with Crippen molar-refractivity contribution in [3.05, 3.63) is 30.3 Å². The van der Waals surface area contributed by atoms with Gasteiger partial charge in [-0.25, -0.2) is 0 Å². The molecule has 222 valence electrons. The van der Waals surface area contributed by atoms with Crippen LogP contribution in [0.2, 0.25) is 0 Å². The number of nitrogens with one attached hydrogen (secondary N) is 2. The van der Waals surface area contributed by atoms with E-state index in [-0.39, 0.29) is 41.6 Å². The fourth-order valence-corrected chi connectivity index (χ4v) is 8.06. The number of hydrogen-bond donors (Lipinski definition) is 3. The van der Waals surface area contributed by atoms with Crippen LogP contribution in [-0.4, -0.2) is 63.2 Å². The van der Waals surface area contributed by atoms with Gasteiger partial charge in [-0.15, -0.1) is 0 Å². The quantitative estimate of drug-likeness (QED) is 0.419. The number of benzene rings is 1.